The molecule has 0 fully saturated rings. The highest BCUT2D eigenvalue weighted by molar-refractivity contribution is 6.08. The van der Waals surface area contributed by atoms with E-state index in [0.29, 0.717) is 0 Å². The Labute approximate surface area is 94.4 Å². The third-order valence-corrected chi connectivity index (χ3v) is 2.99. The molecule has 2 aromatic carbocycles. The maximum absolute atomic E-state index is 3.80. The summed E-state index contributed by atoms with van der Waals surface area (Å²) in [4.78, 5) is 3.48. The largest absolute Gasteiger partial charge is 0.354 e. The van der Waals surface area contributed by atoms with Crippen molar-refractivity contribution in [3.05, 3.63) is 60.7 Å². The summed E-state index contributed by atoms with van der Waals surface area (Å²) in [6.07, 6.45) is 2.85. The predicted octanol–water partition coefficient (Wildman–Crippen LogP) is 4.05. The van der Waals surface area contributed by atoms with Gasteiger partial charge in [0.05, 0.1) is 5.52 Å². The fourth-order valence-electron chi connectivity index (χ4n) is 2.26. The molecule has 0 bridgehead atoms. The standard InChI is InChI=1S/C15H13N/c1-2-6-11-7-5-9-13-12-8-3-4-10-14(12)16-15(11)13/h2-5,7-10,16H,1,6H2. The van der Waals surface area contributed by atoms with Crippen molar-refractivity contribution in [1.82, 2.24) is 4.98 Å². The number of allylic oxidation sites excluding steroid dienone is 1. The molecule has 0 amide bonds. The predicted molar refractivity (Wildman–Crippen MR) is 69.7 cm³/mol. The molecule has 1 heterocycles. The molecule has 16 heavy (non-hydrogen) atoms. The lowest BCUT2D eigenvalue weighted by Crippen LogP contribution is -1.82. The lowest BCUT2D eigenvalue weighted by atomic mass is 10.1. The van der Waals surface area contributed by atoms with Crippen molar-refractivity contribution in [1.29, 1.82) is 0 Å². The quantitative estimate of drug-likeness (QED) is 0.610. The number of H-pyrrole nitrogens is 1. The van der Waals surface area contributed by atoms with E-state index in [4.69, 9.17) is 0 Å². The summed E-state index contributed by atoms with van der Waals surface area (Å²) in [5.41, 5.74) is 3.75. The van der Waals surface area contributed by atoms with E-state index in [1.165, 1.54) is 27.4 Å². The summed E-state index contributed by atoms with van der Waals surface area (Å²) in [5.74, 6) is 0. The van der Waals surface area contributed by atoms with Gasteiger partial charge >= 0.3 is 0 Å². The molecule has 0 aliphatic heterocycles. The van der Waals surface area contributed by atoms with Crippen LogP contribution >= 0.6 is 0 Å². The number of aromatic amines is 1. The van der Waals surface area contributed by atoms with Gasteiger partial charge in [0.25, 0.3) is 0 Å². The number of para-hydroxylation sites is 2. The SMILES string of the molecule is C=CCc1cccc2c1[nH]c1ccccc12. The van der Waals surface area contributed by atoms with Gasteiger partial charge in [-0.05, 0) is 18.1 Å². The van der Waals surface area contributed by atoms with Crippen LogP contribution < -0.4 is 0 Å². The molecule has 78 valence electrons. The van der Waals surface area contributed by atoms with E-state index in [9.17, 15) is 0 Å². The monoisotopic (exact) mass is 207 g/mol. The molecule has 0 radical (unpaired) electrons. The minimum Gasteiger partial charge on any atom is -0.354 e. The molecule has 1 aromatic heterocycles. The van der Waals surface area contributed by atoms with Crippen molar-refractivity contribution in [2.24, 2.45) is 0 Å². The molecule has 0 unspecified atom stereocenters. The van der Waals surface area contributed by atoms with Crippen LogP contribution in [0.2, 0.25) is 0 Å². The van der Waals surface area contributed by atoms with Crippen LogP contribution in [0.3, 0.4) is 0 Å². The Bertz CT molecular complexity index is 661. The van der Waals surface area contributed by atoms with Gasteiger partial charge in [0.15, 0.2) is 0 Å². The highest BCUT2D eigenvalue weighted by Gasteiger charge is 2.05. The Morgan fingerprint density at radius 2 is 1.81 bits per heavy atom. The Morgan fingerprint density at radius 3 is 2.69 bits per heavy atom. The van der Waals surface area contributed by atoms with Gasteiger partial charge in [-0.25, -0.2) is 0 Å². The van der Waals surface area contributed by atoms with Gasteiger partial charge < -0.3 is 4.98 Å². The molecule has 0 spiro atoms. The van der Waals surface area contributed by atoms with Crippen LogP contribution in [0, 0.1) is 0 Å². The van der Waals surface area contributed by atoms with Crippen LogP contribution in [-0.4, -0.2) is 4.98 Å². The van der Waals surface area contributed by atoms with E-state index < -0.39 is 0 Å². The lowest BCUT2D eigenvalue weighted by molar-refractivity contribution is 1.29. The summed E-state index contributed by atoms with van der Waals surface area (Å²) in [6.45, 7) is 3.80. The van der Waals surface area contributed by atoms with E-state index in [2.05, 4.69) is 54.0 Å². The van der Waals surface area contributed by atoms with Crippen molar-refractivity contribution < 1.29 is 0 Å². The zero-order valence-corrected chi connectivity index (χ0v) is 9.03. The van der Waals surface area contributed by atoms with Gasteiger partial charge in [-0.2, -0.15) is 0 Å². The Hall–Kier alpha value is -2.02. The second kappa shape index (κ2) is 3.53. The Morgan fingerprint density at radius 1 is 1.00 bits per heavy atom. The number of hydrogen-bond donors (Lipinski definition) is 1. The zero-order chi connectivity index (χ0) is 11.0. The van der Waals surface area contributed by atoms with Gasteiger partial charge in [0, 0.05) is 16.3 Å². The molecular weight excluding hydrogens is 194 g/mol. The Balaban J connectivity index is 2.43. The molecule has 3 rings (SSSR count). The van der Waals surface area contributed by atoms with Crippen LogP contribution in [0.25, 0.3) is 21.8 Å². The summed E-state index contributed by atoms with van der Waals surface area (Å²) in [7, 11) is 0. The van der Waals surface area contributed by atoms with E-state index in [1.54, 1.807) is 0 Å². The van der Waals surface area contributed by atoms with E-state index in [1.807, 2.05) is 6.08 Å². The zero-order valence-electron chi connectivity index (χ0n) is 9.03. The summed E-state index contributed by atoms with van der Waals surface area (Å²) in [5, 5.41) is 2.60. The summed E-state index contributed by atoms with van der Waals surface area (Å²) < 4.78 is 0. The highest BCUT2D eigenvalue weighted by atomic mass is 14.7. The molecule has 0 aliphatic carbocycles. The molecule has 0 aliphatic rings. The molecule has 0 saturated heterocycles. The molecule has 1 heteroatoms. The number of aromatic nitrogens is 1. The number of nitrogens with one attached hydrogen (secondary N) is 1. The summed E-state index contributed by atoms with van der Waals surface area (Å²) >= 11 is 0. The van der Waals surface area contributed by atoms with Gasteiger partial charge in [-0.1, -0.05) is 42.5 Å². The first-order chi connectivity index (χ1) is 7.90. The van der Waals surface area contributed by atoms with Crippen molar-refractivity contribution in [3.8, 4) is 0 Å². The van der Waals surface area contributed by atoms with Gasteiger partial charge in [-0.3, -0.25) is 0 Å². The van der Waals surface area contributed by atoms with E-state index in [-0.39, 0.29) is 0 Å². The number of hydrogen-bond acceptors (Lipinski definition) is 0. The van der Waals surface area contributed by atoms with Gasteiger partial charge in [0.1, 0.15) is 0 Å². The number of benzene rings is 2. The first kappa shape index (κ1) is 9.22. The first-order valence-corrected chi connectivity index (χ1v) is 5.49. The van der Waals surface area contributed by atoms with E-state index >= 15 is 0 Å². The molecule has 1 N–H and O–H groups in total. The van der Waals surface area contributed by atoms with E-state index in [0.717, 1.165) is 6.42 Å². The average Bonchev–Trinajstić information content (AvgIpc) is 2.69. The second-order valence-electron chi connectivity index (χ2n) is 4.00. The third kappa shape index (κ3) is 1.25. The number of fused-ring (bicyclic) bond motifs is 3. The second-order valence-corrected chi connectivity index (χ2v) is 4.00. The average molecular weight is 207 g/mol. The molecule has 0 atom stereocenters. The van der Waals surface area contributed by atoms with Crippen LogP contribution in [0.5, 0.6) is 0 Å². The topological polar surface area (TPSA) is 15.8 Å². The van der Waals surface area contributed by atoms with Crippen molar-refractivity contribution >= 4 is 21.8 Å². The third-order valence-electron chi connectivity index (χ3n) is 2.99. The Kier molecular flexibility index (Phi) is 2.03. The van der Waals surface area contributed by atoms with Crippen LogP contribution in [0.15, 0.2) is 55.1 Å². The minimum absolute atomic E-state index is 0.907. The summed E-state index contributed by atoms with van der Waals surface area (Å²) in [6, 6.07) is 14.8. The van der Waals surface area contributed by atoms with Crippen LogP contribution in [0.1, 0.15) is 5.56 Å². The first-order valence-electron chi connectivity index (χ1n) is 5.49. The van der Waals surface area contributed by atoms with Crippen LogP contribution in [-0.2, 0) is 6.42 Å². The molecule has 3 aromatic rings. The fourth-order valence-corrected chi connectivity index (χ4v) is 2.26. The van der Waals surface area contributed by atoms with Crippen molar-refractivity contribution in [2.45, 2.75) is 6.42 Å². The normalized spacial score (nSPS) is 11.0. The van der Waals surface area contributed by atoms with Gasteiger partial charge in [-0.15, -0.1) is 6.58 Å². The molecule has 0 saturated carbocycles. The van der Waals surface area contributed by atoms with Crippen LogP contribution in [0.4, 0.5) is 0 Å². The number of rotatable bonds is 2. The smallest absolute Gasteiger partial charge is 0.0500 e. The van der Waals surface area contributed by atoms with Gasteiger partial charge in [0.2, 0.25) is 0 Å². The molecular formula is C15H13N. The molecule has 1 nitrogen and oxygen atoms in total. The highest BCUT2D eigenvalue weighted by Crippen LogP contribution is 2.27. The lowest BCUT2D eigenvalue weighted by Gasteiger charge is -1.98. The maximum Gasteiger partial charge on any atom is 0.0500 e. The maximum atomic E-state index is 3.80. The van der Waals surface area contributed by atoms with Crippen molar-refractivity contribution in [2.75, 3.05) is 0 Å². The van der Waals surface area contributed by atoms with Crippen molar-refractivity contribution in [3.63, 3.8) is 0 Å². The fraction of sp³-hybridized carbons (Fsp3) is 0.0667. The minimum atomic E-state index is 0.907.